The molecule has 0 saturated heterocycles. The number of aliphatic hydroxyl groups excluding tert-OH is 2. The van der Waals surface area contributed by atoms with Gasteiger partial charge in [-0.25, -0.2) is 14.1 Å². The van der Waals surface area contributed by atoms with Crippen molar-refractivity contribution in [2.24, 2.45) is 11.7 Å². The Morgan fingerprint density at radius 1 is 0.919 bits per heavy atom. The highest BCUT2D eigenvalue weighted by Crippen LogP contribution is 2.32. The van der Waals surface area contributed by atoms with Gasteiger partial charge >= 0.3 is 11.9 Å². The summed E-state index contributed by atoms with van der Waals surface area (Å²) < 4.78 is 12.7. The summed E-state index contributed by atoms with van der Waals surface area (Å²) in [6.45, 7) is 16.6. The summed E-state index contributed by atoms with van der Waals surface area (Å²) in [7, 11) is 0. The number of hydrogen-bond donors (Lipinski definition) is 5. The van der Waals surface area contributed by atoms with Gasteiger partial charge in [0.05, 0.1) is 29.1 Å². The molecule has 0 aliphatic heterocycles. The van der Waals surface area contributed by atoms with Gasteiger partial charge in [0.15, 0.2) is 0 Å². The Bertz CT molecular complexity index is 1160. The van der Waals surface area contributed by atoms with Crippen LogP contribution in [0.2, 0.25) is 10.0 Å². The van der Waals surface area contributed by atoms with Crippen LogP contribution < -0.4 is 5.73 Å². The van der Waals surface area contributed by atoms with E-state index < -0.39 is 23.9 Å². The first-order chi connectivity index (χ1) is 17.4. The number of carbonyl (C=O) groups is 2. The van der Waals surface area contributed by atoms with Crippen molar-refractivity contribution in [2.75, 3.05) is 13.2 Å². The predicted octanol–water partition coefficient (Wildman–Crippen LogP) is 4.94. The zero-order chi connectivity index (χ0) is 28.7. The van der Waals surface area contributed by atoms with Crippen LogP contribution in [0.25, 0.3) is 9.69 Å². The molecule has 12 heteroatoms. The van der Waals surface area contributed by atoms with Crippen molar-refractivity contribution in [2.45, 2.75) is 39.2 Å². The third kappa shape index (κ3) is 11.1. The first-order valence-corrected chi connectivity index (χ1v) is 11.5. The van der Waals surface area contributed by atoms with Gasteiger partial charge in [-0.3, -0.25) is 9.59 Å². The molecular weight excluding hydrogens is 528 g/mol. The Balaban J connectivity index is 0.000000580. The van der Waals surface area contributed by atoms with Crippen molar-refractivity contribution in [1.82, 2.24) is 0 Å². The van der Waals surface area contributed by atoms with E-state index in [-0.39, 0.29) is 36.9 Å². The second kappa shape index (κ2) is 17.2. The van der Waals surface area contributed by atoms with Crippen molar-refractivity contribution in [3.05, 3.63) is 79.7 Å². The Labute approximate surface area is 224 Å². The van der Waals surface area contributed by atoms with Crippen molar-refractivity contribution in [3.8, 4) is 0 Å². The van der Waals surface area contributed by atoms with Crippen LogP contribution in [0, 0.1) is 38.7 Å². The van der Waals surface area contributed by atoms with E-state index in [0.717, 1.165) is 11.1 Å². The van der Waals surface area contributed by atoms with E-state index in [4.69, 9.17) is 62.5 Å². The van der Waals surface area contributed by atoms with E-state index in [0.29, 0.717) is 28.4 Å². The van der Waals surface area contributed by atoms with Gasteiger partial charge in [-0.1, -0.05) is 41.4 Å². The van der Waals surface area contributed by atoms with Crippen molar-refractivity contribution >= 4 is 46.5 Å². The van der Waals surface area contributed by atoms with Crippen LogP contribution in [0.1, 0.15) is 29.5 Å². The molecule has 0 aromatic heterocycles. The van der Waals surface area contributed by atoms with Gasteiger partial charge in [0.2, 0.25) is 11.4 Å². The minimum Gasteiger partial charge on any atom is -0.481 e. The lowest BCUT2D eigenvalue weighted by Gasteiger charge is -2.14. The minimum atomic E-state index is -1.07. The molecule has 37 heavy (non-hydrogen) atoms. The fourth-order valence-corrected chi connectivity index (χ4v) is 3.17. The van der Waals surface area contributed by atoms with Gasteiger partial charge in [-0.05, 0) is 55.9 Å². The number of aliphatic hydroxyl groups is 2. The van der Waals surface area contributed by atoms with Crippen LogP contribution in [-0.4, -0.2) is 51.6 Å². The van der Waals surface area contributed by atoms with Crippen LogP contribution in [-0.2, 0) is 16.0 Å². The van der Waals surface area contributed by atoms with Gasteiger partial charge in [-0.15, -0.1) is 0 Å². The van der Waals surface area contributed by atoms with Gasteiger partial charge in [0.1, 0.15) is 11.9 Å². The Morgan fingerprint density at radius 3 is 1.81 bits per heavy atom. The highest BCUT2D eigenvalue weighted by atomic mass is 35.5. The molecule has 200 valence electrons. The molecule has 0 aliphatic rings. The SMILES string of the molecule is N[C@H](CCO)C(=O)O.[C-]#[N+]c1ccc(C[C@H](CCO)C(=O)O)c(C)c1Cl.[C-]#[N+]c1ccc(F)c(C)c1Cl. The van der Waals surface area contributed by atoms with Crippen LogP contribution >= 0.6 is 23.2 Å². The second-order valence-electron chi connectivity index (χ2n) is 7.62. The average molecular weight is 556 g/mol. The number of nitrogens with two attached hydrogens (primary N) is 1. The molecule has 0 heterocycles. The quantitative estimate of drug-likeness (QED) is 0.289. The number of aliphatic carboxylic acids is 2. The molecule has 0 bridgehead atoms. The second-order valence-corrected chi connectivity index (χ2v) is 8.38. The lowest BCUT2D eigenvalue weighted by molar-refractivity contribution is -0.142. The predicted molar refractivity (Wildman–Crippen MR) is 139 cm³/mol. The van der Waals surface area contributed by atoms with Crippen LogP contribution in [0.3, 0.4) is 0 Å². The van der Waals surface area contributed by atoms with E-state index in [1.807, 2.05) is 0 Å². The molecule has 2 aromatic rings. The van der Waals surface area contributed by atoms with Crippen LogP contribution in [0.15, 0.2) is 24.3 Å². The molecule has 6 N–H and O–H groups in total. The van der Waals surface area contributed by atoms with E-state index in [1.165, 1.54) is 12.1 Å². The third-order valence-electron chi connectivity index (χ3n) is 5.07. The molecule has 2 atom stereocenters. The lowest BCUT2D eigenvalue weighted by atomic mass is 9.93. The summed E-state index contributed by atoms with van der Waals surface area (Å²) in [4.78, 5) is 27.3. The molecule has 2 rings (SSSR count). The molecule has 0 aliphatic carbocycles. The smallest absolute Gasteiger partial charge is 0.320 e. The van der Waals surface area contributed by atoms with Crippen LogP contribution in [0.5, 0.6) is 0 Å². The van der Waals surface area contributed by atoms with E-state index in [1.54, 1.807) is 26.0 Å². The number of rotatable bonds is 8. The molecular formula is C25H28Cl2FN3O6. The largest absolute Gasteiger partial charge is 0.481 e. The van der Waals surface area contributed by atoms with Gasteiger partial charge in [0.25, 0.3) is 0 Å². The standard InChI is InChI=1S/C13H14ClNO3.C8H5ClFN.C4H9NO3/c1-8-9(3-4-11(15-2)12(8)14)7-10(5-6-16)13(17)18;1-5-6(10)3-4-7(11-2)8(5)9;5-3(1-2-6)4(7)8/h3-4,10,16H,5-7H2,1H3,(H,17,18);3-4H,1H3;3,6H,1-2,5H2,(H,7,8)/t10-;;3-/m0.1/s1. The Kier molecular flexibility index (Phi) is 15.7. The summed E-state index contributed by atoms with van der Waals surface area (Å²) in [5.74, 6) is -3.01. The molecule has 0 saturated carbocycles. The maximum Gasteiger partial charge on any atom is 0.320 e. The molecule has 2 aromatic carbocycles. The molecule has 0 unspecified atom stereocenters. The molecule has 0 spiro atoms. The molecule has 0 radical (unpaired) electrons. The highest BCUT2D eigenvalue weighted by Gasteiger charge is 2.19. The fraction of sp³-hybridized carbons (Fsp3) is 0.360. The van der Waals surface area contributed by atoms with E-state index in [2.05, 4.69) is 9.69 Å². The Hall–Kier alpha value is -3.25. The molecule has 9 nitrogen and oxygen atoms in total. The Morgan fingerprint density at radius 2 is 1.41 bits per heavy atom. The topological polar surface area (TPSA) is 150 Å². The fourth-order valence-electron chi connectivity index (χ4n) is 2.75. The lowest BCUT2D eigenvalue weighted by Crippen LogP contribution is -2.30. The van der Waals surface area contributed by atoms with Crippen molar-refractivity contribution < 1.29 is 34.4 Å². The number of nitrogens with zero attached hydrogens (tertiary/aromatic N) is 2. The van der Waals surface area contributed by atoms with Crippen molar-refractivity contribution in [1.29, 1.82) is 0 Å². The highest BCUT2D eigenvalue weighted by molar-refractivity contribution is 6.34. The maximum atomic E-state index is 12.7. The van der Waals surface area contributed by atoms with Crippen molar-refractivity contribution in [3.63, 3.8) is 0 Å². The zero-order valence-corrected chi connectivity index (χ0v) is 21.7. The van der Waals surface area contributed by atoms with E-state index in [9.17, 15) is 14.0 Å². The van der Waals surface area contributed by atoms with Gasteiger partial charge in [0, 0.05) is 13.2 Å². The van der Waals surface area contributed by atoms with E-state index >= 15 is 0 Å². The number of carboxylic acids is 2. The zero-order valence-electron chi connectivity index (χ0n) is 20.2. The normalized spacial score (nSPS) is 11.4. The average Bonchev–Trinajstić information content (AvgIpc) is 2.86. The first kappa shape index (κ1) is 33.8. The number of halogens is 3. The number of carboxylic acid groups (broad SMARTS) is 2. The maximum absolute atomic E-state index is 12.7. The van der Waals surface area contributed by atoms with Gasteiger partial charge < -0.3 is 26.2 Å². The molecule has 0 fully saturated rings. The van der Waals surface area contributed by atoms with Gasteiger partial charge in [-0.2, -0.15) is 0 Å². The summed E-state index contributed by atoms with van der Waals surface area (Å²) in [6.07, 6.45) is 0.631. The number of hydrogen-bond acceptors (Lipinski definition) is 5. The third-order valence-corrected chi connectivity index (χ3v) is 6.02. The summed E-state index contributed by atoms with van der Waals surface area (Å²) in [5.41, 5.74) is 7.50. The summed E-state index contributed by atoms with van der Waals surface area (Å²) in [5, 5.41) is 34.7. The summed E-state index contributed by atoms with van der Waals surface area (Å²) in [6, 6.07) is 5.02. The van der Waals surface area contributed by atoms with Crippen LogP contribution in [0.4, 0.5) is 15.8 Å². The molecule has 0 amide bonds. The minimum absolute atomic E-state index is 0.120. The monoisotopic (exact) mass is 555 g/mol. The summed E-state index contributed by atoms with van der Waals surface area (Å²) >= 11 is 11.7. The first-order valence-electron chi connectivity index (χ1n) is 10.8. The number of benzene rings is 2.